The number of carbonyl (C=O) groups excluding carboxylic acids is 1. The summed E-state index contributed by atoms with van der Waals surface area (Å²) in [4.78, 5) is 14.8. The van der Waals surface area contributed by atoms with Crippen molar-refractivity contribution in [2.24, 2.45) is 0 Å². The lowest BCUT2D eigenvalue weighted by Gasteiger charge is -2.31. The molecule has 2 aliphatic rings. The number of piperidine rings is 1. The molecule has 30 heavy (non-hydrogen) atoms. The molecule has 8 heteroatoms. The Labute approximate surface area is 173 Å². The van der Waals surface area contributed by atoms with Crippen LogP contribution < -0.4 is 14.2 Å². The number of benzene rings is 2. The van der Waals surface area contributed by atoms with Gasteiger partial charge in [-0.3, -0.25) is 4.79 Å². The molecule has 0 spiro atoms. The van der Waals surface area contributed by atoms with Crippen LogP contribution >= 0.6 is 0 Å². The minimum absolute atomic E-state index is 0.00198. The quantitative estimate of drug-likeness (QED) is 0.654. The molecule has 0 radical (unpaired) electrons. The summed E-state index contributed by atoms with van der Waals surface area (Å²) < 4.78 is 21.9. The minimum atomic E-state index is -0.00198. The third-order valence-corrected chi connectivity index (χ3v) is 5.45. The molecular formula is C22H21N3O5. The molecule has 0 N–H and O–H groups in total. The molecule has 0 saturated carbocycles. The van der Waals surface area contributed by atoms with Crippen molar-refractivity contribution >= 4 is 5.91 Å². The molecule has 1 aromatic heterocycles. The predicted molar refractivity (Wildman–Crippen MR) is 107 cm³/mol. The summed E-state index contributed by atoms with van der Waals surface area (Å²) in [7, 11) is 1.61. The number of hydrogen-bond donors (Lipinski definition) is 0. The van der Waals surface area contributed by atoms with Crippen molar-refractivity contribution < 1.29 is 23.4 Å². The van der Waals surface area contributed by atoms with Crippen LogP contribution in [0.2, 0.25) is 0 Å². The fourth-order valence-electron chi connectivity index (χ4n) is 3.83. The van der Waals surface area contributed by atoms with Crippen LogP contribution in [0.25, 0.3) is 11.5 Å². The second-order valence-electron chi connectivity index (χ2n) is 7.33. The molecule has 5 rings (SSSR count). The number of ether oxygens (including phenoxy) is 3. The number of aromatic nitrogens is 2. The van der Waals surface area contributed by atoms with Crippen LogP contribution in [0.4, 0.5) is 0 Å². The van der Waals surface area contributed by atoms with E-state index in [0.717, 1.165) is 24.2 Å². The van der Waals surface area contributed by atoms with E-state index in [1.54, 1.807) is 31.4 Å². The van der Waals surface area contributed by atoms with Gasteiger partial charge >= 0.3 is 0 Å². The normalized spacial score (nSPS) is 17.8. The third-order valence-electron chi connectivity index (χ3n) is 5.45. The number of amides is 1. The number of likely N-dealkylation sites (tertiary alicyclic amines) is 1. The predicted octanol–water partition coefficient (Wildman–Crippen LogP) is 3.49. The number of fused-ring (bicyclic) bond motifs is 1. The van der Waals surface area contributed by atoms with Crippen LogP contribution in [0.5, 0.6) is 17.2 Å². The van der Waals surface area contributed by atoms with E-state index in [2.05, 4.69) is 10.2 Å². The lowest BCUT2D eigenvalue weighted by atomic mass is 9.97. The Balaban J connectivity index is 1.31. The fraction of sp³-hybridized carbons (Fsp3) is 0.318. The Morgan fingerprint density at radius 2 is 1.93 bits per heavy atom. The molecule has 1 amide bonds. The summed E-state index contributed by atoms with van der Waals surface area (Å²) in [6.45, 7) is 1.48. The van der Waals surface area contributed by atoms with Gasteiger partial charge in [-0.05, 0) is 55.3 Å². The molecule has 8 nitrogen and oxygen atoms in total. The summed E-state index contributed by atoms with van der Waals surface area (Å²) in [6.07, 6.45) is 1.78. The van der Waals surface area contributed by atoms with Crippen LogP contribution in [-0.2, 0) is 0 Å². The number of methoxy groups -OCH3 is 1. The van der Waals surface area contributed by atoms with Crippen LogP contribution in [0.3, 0.4) is 0 Å². The first-order valence-corrected chi connectivity index (χ1v) is 9.88. The molecular weight excluding hydrogens is 386 g/mol. The molecule has 0 bridgehead atoms. The van der Waals surface area contributed by atoms with Gasteiger partial charge in [-0.1, -0.05) is 0 Å². The van der Waals surface area contributed by atoms with Crippen molar-refractivity contribution in [3.05, 3.63) is 53.9 Å². The smallest absolute Gasteiger partial charge is 0.253 e. The number of hydrogen-bond acceptors (Lipinski definition) is 7. The van der Waals surface area contributed by atoms with Crippen molar-refractivity contribution in [1.82, 2.24) is 15.1 Å². The van der Waals surface area contributed by atoms with Gasteiger partial charge in [-0.15, -0.1) is 10.2 Å². The van der Waals surface area contributed by atoms with Gasteiger partial charge in [0.05, 0.1) is 13.0 Å². The van der Waals surface area contributed by atoms with E-state index in [-0.39, 0.29) is 18.6 Å². The second kappa shape index (κ2) is 7.70. The van der Waals surface area contributed by atoms with Gasteiger partial charge in [-0.2, -0.15) is 0 Å². The highest BCUT2D eigenvalue weighted by Gasteiger charge is 2.29. The highest BCUT2D eigenvalue weighted by atomic mass is 16.7. The van der Waals surface area contributed by atoms with Gasteiger partial charge in [-0.25, -0.2) is 0 Å². The second-order valence-corrected chi connectivity index (χ2v) is 7.33. The van der Waals surface area contributed by atoms with Gasteiger partial charge in [0, 0.05) is 24.2 Å². The Kier molecular flexibility index (Phi) is 4.74. The van der Waals surface area contributed by atoms with Gasteiger partial charge in [0.25, 0.3) is 5.91 Å². The van der Waals surface area contributed by atoms with E-state index in [4.69, 9.17) is 18.6 Å². The van der Waals surface area contributed by atoms with E-state index < -0.39 is 0 Å². The highest BCUT2D eigenvalue weighted by molar-refractivity contribution is 5.94. The maximum atomic E-state index is 12.9. The first-order valence-electron chi connectivity index (χ1n) is 9.88. The number of nitrogens with zero attached hydrogens (tertiary/aromatic N) is 3. The van der Waals surface area contributed by atoms with Crippen molar-refractivity contribution in [3.63, 3.8) is 0 Å². The molecule has 2 aliphatic heterocycles. The fourth-order valence-corrected chi connectivity index (χ4v) is 3.83. The number of carbonyl (C=O) groups is 1. The third kappa shape index (κ3) is 3.45. The molecule has 2 aromatic carbocycles. The van der Waals surface area contributed by atoms with Crippen molar-refractivity contribution in [1.29, 1.82) is 0 Å². The van der Waals surface area contributed by atoms with E-state index in [0.29, 0.717) is 41.9 Å². The monoisotopic (exact) mass is 407 g/mol. The molecule has 3 heterocycles. The van der Waals surface area contributed by atoms with Gasteiger partial charge in [0.2, 0.25) is 18.6 Å². The van der Waals surface area contributed by atoms with Crippen molar-refractivity contribution in [2.45, 2.75) is 18.8 Å². The summed E-state index contributed by atoms with van der Waals surface area (Å²) in [5, 5.41) is 8.46. The maximum Gasteiger partial charge on any atom is 0.253 e. The zero-order chi connectivity index (χ0) is 20.5. The minimum Gasteiger partial charge on any atom is -0.497 e. The average Bonchev–Trinajstić information content (AvgIpc) is 3.48. The molecule has 0 aliphatic carbocycles. The Morgan fingerprint density at radius 1 is 1.10 bits per heavy atom. The topological polar surface area (TPSA) is 86.9 Å². The summed E-state index contributed by atoms with van der Waals surface area (Å²) in [6, 6.07) is 12.7. The van der Waals surface area contributed by atoms with Crippen LogP contribution in [0.15, 0.2) is 46.9 Å². The molecule has 1 unspecified atom stereocenters. The van der Waals surface area contributed by atoms with Gasteiger partial charge < -0.3 is 23.5 Å². The maximum absolute atomic E-state index is 12.9. The van der Waals surface area contributed by atoms with Crippen molar-refractivity contribution in [2.75, 3.05) is 27.0 Å². The molecule has 1 fully saturated rings. The standard InChI is InChI=1S/C22H21N3O5/c1-27-17-7-4-14(5-8-17)22(26)25-10-2-3-16(12-25)21-24-23-20(30-21)15-6-9-18-19(11-15)29-13-28-18/h4-9,11,16H,2-3,10,12-13H2,1H3. The highest BCUT2D eigenvalue weighted by Crippen LogP contribution is 2.36. The lowest BCUT2D eigenvalue weighted by Crippen LogP contribution is -2.39. The van der Waals surface area contributed by atoms with E-state index in [1.807, 2.05) is 23.1 Å². The Hall–Kier alpha value is -3.55. The van der Waals surface area contributed by atoms with E-state index in [1.165, 1.54) is 0 Å². The van der Waals surface area contributed by atoms with Crippen molar-refractivity contribution in [3.8, 4) is 28.7 Å². The zero-order valence-electron chi connectivity index (χ0n) is 16.5. The number of rotatable bonds is 4. The van der Waals surface area contributed by atoms with Crippen LogP contribution in [0, 0.1) is 0 Å². The molecule has 3 aromatic rings. The first-order chi connectivity index (χ1) is 14.7. The molecule has 1 saturated heterocycles. The van der Waals surface area contributed by atoms with Crippen LogP contribution in [0.1, 0.15) is 35.0 Å². The molecule has 154 valence electrons. The average molecular weight is 407 g/mol. The van der Waals surface area contributed by atoms with Crippen LogP contribution in [-0.4, -0.2) is 48.0 Å². The van der Waals surface area contributed by atoms with E-state index >= 15 is 0 Å². The Morgan fingerprint density at radius 3 is 2.77 bits per heavy atom. The largest absolute Gasteiger partial charge is 0.497 e. The SMILES string of the molecule is COc1ccc(C(=O)N2CCCC(c3nnc(-c4ccc5c(c4)OCO5)o3)C2)cc1. The summed E-state index contributed by atoms with van der Waals surface area (Å²) in [5.41, 5.74) is 1.42. The zero-order valence-corrected chi connectivity index (χ0v) is 16.5. The Bertz CT molecular complexity index is 1060. The molecule has 1 atom stereocenters. The summed E-state index contributed by atoms with van der Waals surface area (Å²) >= 11 is 0. The van der Waals surface area contributed by atoms with Gasteiger partial charge in [0.15, 0.2) is 11.5 Å². The first kappa shape index (κ1) is 18.5. The summed E-state index contributed by atoms with van der Waals surface area (Å²) in [5.74, 6) is 3.09. The van der Waals surface area contributed by atoms with E-state index in [9.17, 15) is 4.79 Å². The van der Waals surface area contributed by atoms with Gasteiger partial charge in [0.1, 0.15) is 5.75 Å². The lowest BCUT2D eigenvalue weighted by molar-refractivity contribution is 0.0698.